The maximum absolute atomic E-state index is 9.89. The molecule has 0 saturated heterocycles. The minimum absolute atomic E-state index is 0. The van der Waals surface area contributed by atoms with Crippen LogP contribution >= 0.6 is 0 Å². The normalized spacial score (nSPS) is 8.82. The van der Waals surface area contributed by atoms with E-state index in [1.54, 1.807) is 0 Å². The van der Waals surface area contributed by atoms with Gasteiger partial charge in [0.15, 0.2) is 0 Å². The van der Waals surface area contributed by atoms with Crippen LogP contribution in [-0.4, -0.2) is 35.8 Å². The number of hydrogen-bond donors (Lipinski definition) is 0. The summed E-state index contributed by atoms with van der Waals surface area (Å²) in [5.74, 6) is 0. The molecule has 11 heavy (non-hydrogen) atoms. The van der Waals surface area contributed by atoms with Gasteiger partial charge in [-0.15, -0.1) is 0 Å². The van der Waals surface area contributed by atoms with E-state index in [1.165, 1.54) is 32.1 Å². The summed E-state index contributed by atoms with van der Waals surface area (Å²) in [4.78, 5) is 9.89. The van der Waals surface area contributed by atoms with Gasteiger partial charge in [-0.1, -0.05) is 39.0 Å². The molecule has 0 fully saturated rings. The van der Waals surface area contributed by atoms with E-state index >= 15 is 0 Å². The van der Waals surface area contributed by atoms with Gasteiger partial charge in [-0.2, -0.15) is 0 Å². The average Bonchev–Trinajstić information content (AvgIpc) is 1.97. The molecule has 0 aliphatic rings. The second-order valence-electron chi connectivity index (χ2n) is 2.72. The fourth-order valence-electron chi connectivity index (χ4n) is 1.01. The number of carbonyl (C=O) groups is 1. The molecule has 0 saturated carbocycles. The van der Waals surface area contributed by atoms with E-state index in [1.807, 2.05) is 0 Å². The monoisotopic (exact) mass is 166 g/mol. The molecule has 0 heterocycles. The molecule has 2 heteroatoms. The van der Waals surface area contributed by atoms with Crippen LogP contribution in [0.25, 0.3) is 0 Å². The Morgan fingerprint density at radius 1 is 1.00 bits per heavy atom. The molecular weight excluding hydrogens is 147 g/mol. The molecule has 0 N–H and O–H groups in total. The Balaban J connectivity index is 0. The molecule has 0 radical (unpaired) electrons. The Morgan fingerprint density at radius 2 is 1.55 bits per heavy atom. The summed E-state index contributed by atoms with van der Waals surface area (Å²) in [7, 11) is 0. The molecule has 62 valence electrons. The van der Waals surface area contributed by atoms with E-state index < -0.39 is 0 Å². The van der Waals surface area contributed by atoms with Crippen LogP contribution in [-0.2, 0) is 4.79 Å². The summed E-state index contributed by atoms with van der Waals surface area (Å²) in [5, 5.41) is 0. The van der Waals surface area contributed by atoms with Crippen LogP contribution in [0.15, 0.2) is 0 Å². The van der Waals surface area contributed by atoms with Gasteiger partial charge < -0.3 is 4.79 Å². The van der Waals surface area contributed by atoms with Gasteiger partial charge >= 0.3 is 29.6 Å². The van der Waals surface area contributed by atoms with Crippen molar-refractivity contribution in [3.05, 3.63) is 0 Å². The zero-order valence-corrected chi connectivity index (χ0v) is 6.94. The molecule has 1 nitrogen and oxygen atoms in total. The van der Waals surface area contributed by atoms with Gasteiger partial charge in [0.25, 0.3) is 0 Å². The van der Waals surface area contributed by atoms with E-state index in [4.69, 9.17) is 0 Å². The van der Waals surface area contributed by atoms with E-state index in [-0.39, 0.29) is 29.6 Å². The summed E-state index contributed by atoms with van der Waals surface area (Å²) in [5.41, 5.74) is 0. The van der Waals surface area contributed by atoms with Gasteiger partial charge in [-0.25, -0.2) is 0 Å². The Hall–Kier alpha value is 0.670. The molecule has 0 spiro atoms. The van der Waals surface area contributed by atoms with Crippen LogP contribution < -0.4 is 0 Å². The molecule has 0 bridgehead atoms. The summed E-state index contributed by atoms with van der Waals surface area (Å²) < 4.78 is 0. The van der Waals surface area contributed by atoms with Crippen molar-refractivity contribution in [3.63, 3.8) is 0 Å². The Morgan fingerprint density at radius 3 is 2.09 bits per heavy atom. The quantitative estimate of drug-likeness (QED) is 0.322. The van der Waals surface area contributed by atoms with Gasteiger partial charge in [0.1, 0.15) is 6.29 Å². The molecule has 0 rings (SSSR count). The standard InChI is InChI=1S/C9H18O.Na.H/c1-2-3-4-5-6-7-8-9-10;;/h9H,2-8H2,1H3;;. The van der Waals surface area contributed by atoms with Crippen LogP contribution in [0.2, 0.25) is 0 Å². The van der Waals surface area contributed by atoms with Gasteiger partial charge in [0.2, 0.25) is 0 Å². The molecule has 0 atom stereocenters. The van der Waals surface area contributed by atoms with Crippen LogP contribution in [0.1, 0.15) is 51.9 Å². The third-order valence-electron chi connectivity index (χ3n) is 1.68. The van der Waals surface area contributed by atoms with Crippen LogP contribution in [0.4, 0.5) is 0 Å². The van der Waals surface area contributed by atoms with Crippen molar-refractivity contribution in [2.24, 2.45) is 0 Å². The van der Waals surface area contributed by atoms with Crippen molar-refractivity contribution < 1.29 is 4.79 Å². The van der Waals surface area contributed by atoms with E-state index in [9.17, 15) is 4.79 Å². The SMILES string of the molecule is CCCCCCCCC=O.[NaH]. The molecule has 0 aromatic carbocycles. The van der Waals surface area contributed by atoms with Crippen LogP contribution in [0.5, 0.6) is 0 Å². The molecule has 0 aromatic rings. The van der Waals surface area contributed by atoms with Crippen LogP contribution in [0.3, 0.4) is 0 Å². The zero-order chi connectivity index (χ0) is 7.66. The molecule has 0 unspecified atom stereocenters. The number of hydrogen-bond acceptors (Lipinski definition) is 1. The molecule has 0 aliphatic heterocycles. The van der Waals surface area contributed by atoms with E-state index in [0.717, 1.165) is 19.1 Å². The summed E-state index contributed by atoms with van der Waals surface area (Å²) >= 11 is 0. The molecule has 0 aromatic heterocycles. The number of rotatable bonds is 7. The van der Waals surface area contributed by atoms with Crippen molar-refractivity contribution in [1.82, 2.24) is 0 Å². The summed E-state index contributed by atoms with van der Waals surface area (Å²) in [6, 6.07) is 0. The molecular formula is C9H19NaO. The Kier molecular flexibility index (Phi) is 17.1. The second kappa shape index (κ2) is 13.3. The van der Waals surface area contributed by atoms with E-state index in [2.05, 4.69) is 6.92 Å². The minimum atomic E-state index is 0. The predicted molar refractivity (Wildman–Crippen MR) is 51.2 cm³/mol. The van der Waals surface area contributed by atoms with Crippen molar-refractivity contribution in [3.8, 4) is 0 Å². The predicted octanol–water partition coefficient (Wildman–Crippen LogP) is 2.29. The zero-order valence-electron chi connectivity index (χ0n) is 6.94. The Labute approximate surface area is 92.2 Å². The van der Waals surface area contributed by atoms with Crippen molar-refractivity contribution in [1.29, 1.82) is 0 Å². The second-order valence-corrected chi connectivity index (χ2v) is 2.72. The fraction of sp³-hybridized carbons (Fsp3) is 0.889. The number of carbonyl (C=O) groups excluding carboxylic acids is 1. The fourth-order valence-corrected chi connectivity index (χ4v) is 1.01. The first-order valence-corrected chi connectivity index (χ1v) is 4.35. The topological polar surface area (TPSA) is 17.1 Å². The maximum atomic E-state index is 9.89. The van der Waals surface area contributed by atoms with Crippen molar-refractivity contribution in [2.75, 3.05) is 0 Å². The first-order valence-electron chi connectivity index (χ1n) is 4.35. The number of unbranched alkanes of at least 4 members (excludes halogenated alkanes) is 6. The van der Waals surface area contributed by atoms with E-state index in [0.29, 0.717) is 0 Å². The molecule has 0 amide bonds. The van der Waals surface area contributed by atoms with Gasteiger partial charge in [0.05, 0.1) is 0 Å². The summed E-state index contributed by atoms with van der Waals surface area (Å²) in [6.45, 7) is 2.21. The van der Waals surface area contributed by atoms with Gasteiger partial charge in [0, 0.05) is 6.42 Å². The average molecular weight is 166 g/mol. The Bertz CT molecular complexity index is 74.0. The van der Waals surface area contributed by atoms with Gasteiger partial charge in [-0.3, -0.25) is 0 Å². The first-order chi connectivity index (χ1) is 4.91. The summed E-state index contributed by atoms with van der Waals surface area (Å²) in [6.07, 6.45) is 9.39. The third kappa shape index (κ3) is 13.6. The first kappa shape index (κ1) is 14.2. The third-order valence-corrected chi connectivity index (χ3v) is 1.68. The van der Waals surface area contributed by atoms with Gasteiger partial charge in [-0.05, 0) is 6.42 Å². The van der Waals surface area contributed by atoms with Crippen molar-refractivity contribution in [2.45, 2.75) is 51.9 Å². The number of aldehydes is 1. The molecule has 0 aliphatic carbocycles. The van der Waals surface area contributed by atoms with Crippen LogP contribution in [0, 0.1) is 0 Å². The van der Waals surface area contributed by atoms with Crippen molar-refractivity contribution >= 4 is 35.8 Å².